The zero-order chi connectivity index (χ0) is 24.8. The summed E-state index contributed by atoms with van der Waals surface area (Å²) in [5.74, 6) is 0.525. The topological polar surface area (TPSA) is 103 Å². The quantitative estimate of drug-likeness (QED) is 0.459. The number of carbonyl (C=O) groups is 2. The number of rotatable bonds is 7. The van der Waals surface area contributed by atoms with Crippen molar-refractivity contribution in [2.45, 2.75) is 38.1 Å². The van der Waals surface area contributed by atoms with Crippen LogP contribution in [-0.4, -0.2) is 77.8 Å². The van der Waals surface area contributed by atoms with E-state index in [0.29, 0.717) is 27.5 Å². The molecule has 0 aliphatic carbocycles. The first-order valence-electron chi connectivity index (χ1n) is 12.1. The molecule has 35 heavy (non-hydrogen) atoms. The highest BCUT2D eigenvalue weighted by molar-refractivity contribution is 9.10. The number of anilines is 1. The summed E-state index contributed by atoms with van der Waals surface area (Å²) in [6.07, 6.45) is 5.22. The van der Waals surface area contributed by atoms with Crippen LogP contribution in [0.2, 0.25) is 5.02 Å². The van der Waals surface area contributed by atoms with Crippen molar-refractivity contribution in [1.82, 2.24) is 25.3 Å². The fraction of sp³-hybridized carbons (Fsp3) is 0.542. The number of piperidine rings is 2. The lowest BCUT2D eigenvalue weighted by Gasteiger charge is -2.41. The number of hydrogen-bond donors (Lipinski definition) is 3. The Kier molecular flexibility index (Phi) is 9.04. The number of nitrogens with zero attached hydrogens (tertiary/aromatic N) is 3. The van der Waals surface area contributed by atoms with Crippen molar-refractivity contribution in [3.05, 3.63) is 39.3 Å². The van der Waals surface area contributed by atoms with Crippen molar-refractivity contribution in [3.63, 3.8) is 0 Å². The molecule has 2 aliphatic rings. The van der Waals surface area contributed by atoms with E-state index in [2.05, 4.69) is 53.6 Å². The minimum Gasteiger partial charge on any atom is -0.388 e. The van der Waals surface area contributed by atoms with Crippen LogP contribution in [0, 0.1) is 5.92 Å². The molecule has 0 saturated carbocycles. The van der Waals surface area contributed by atoms with Gasteiger partial charge in [0.05, 0.1) is 10.6 Å². The first-order chi connectivity index (χ1) is 16.9. The zero-order valence-corrected chi connectivity index (χ0v) is 22.2. The lowest BCUT2D eigenvalue weighted by molar-refractivity contribution is 0.0838. The Bertz CT molecular complexity index is 1020. The van der Waals surface area contributed by atoms with Gasteiger partial charge in [-0.1, -0.05) is 23.7 Å². The van der Waals surface area contributed by atoms with Gasteiger partial charge in [-0.25, -0.2) is 4.79 Å². The Labute approximate surface area is 219 Å². The lowest BCUT2D eigenvalue weighted by Crippen LogP contribution is -2.47. The van der Waals surface area contributed by atoms with E-state index in [9.17, 15) is 9.59 Å². The third-order valence-corrected chi connectivity index (χ3v) is 7.96. The van der Waals surface area contributed by atoms with E-state index in [0.717, 1.165) is 25.6 Å². The predicted molar refractivity (Wildman–Crippen MR) is 139 cm³/mol. The van der Waals surface area contributed by atoms with Crippen molar-refractivity contribution >= 4 is 45.3 Å². The Morgan fingerprint density at radius 2 is 1.89 bits per heavy atom. The summed E-state index contributed by atoms with van der Waals surface area (Å²) < 4.78 is 5.64. The molecule has 9 nitrogen and oxygen atoms in total. The molecule has 1 aromatic carbocycles. The molecule has 2 saturated heterocycles. The molecule has 4 rings (SSSR count). The van der Waals surface area contributed by atoms with Crippen LogP contribution in [0.3, 0.4) is 0 Å². The van der Waals surface area contributed by atoms with Gasteiger partial charge in [0.1, 0.15) is 10.3 Å². The highest BCUT2D eigenvalue weighted by atomic mass is 79.9. The fourth-order valence-corrected chi connectivity index (χ4v) is 5.34. The second-order valence-corrected chi connectivity index (χ2v) is 10.5. The van der Waals surface area contributed by atoms with Gasteiger partial charge in [-0.2, -0.15) is 0 Å². The Morgan fingerprint density at radius 3 is 2.60 bits per heavy atom. The third kappa shape index (κ3) is 6.97. The summed E-state index contributed by atoms with van der Waals surface area (Å²) in [5, 5.41) is 12.4. The smallest absolute Gasteiger partial charge is 0.388 e. The summed E-state index contributed by atoms with van der Waals surface area (Å²) in [6, 6.07) is 7.45. The van der Waals surface area contributed by atoms with E-state index in [1.807, 2.05) is 0 Å². The number of ether oxygens (including phenoxy) is 1. The van der Waals surface area contributed by atoms with Crippen LogP contribution in [0.4, 0.5) is 10.6 Å². The second-order valence-electron chi connectivity index (χ2n) is 9.27. The van der Waals surface area contributed by atoms with Gasteiger partial charge < -0.3 is 25.2 Å². The first kappa shape index (κ1) is 25.9. The molecule has 2 fully saturated rings. The molecule has 1 aromatic heterocycles. The third-order valence-electron chi connectivity index (χ3n) is 6.90. The van der Waals surface area contributed by atoms with Crippen molar-refractivity contribution in [2.24, 2.45) is 5.92 Å². The molecule has 0 radical (unpaired) electrons. The van der Waals surface area contributed by atoms with Crippen LogP contribution in [0.1, 0.15) is 42.5 Å². The normalized spacial score (nSPS) is 18.4. The maximum atomic E-state index is 12.4. The van der Waals surface area contributed by atoms with Crippen LogP contribution >= 0.6 is 27.5 Å². The Morgan fingerprint density at radius 1 is 1.17 bits per heavy atom. The molecule has 0 atom stereocenters. The molecule has 0 bridgehead atoms. The average Bonchev–Trinajstić information content (AvgIpc) is 3.19. The van der Waals surface area contributed by atoms with Gasteiger partial charge in [-0.15, -0.1) is 5.10 Å². The van der Waals surface area contributed by atoms with Gasteiger partial charge in [0.2, 0.25) is 0 Å². The molecule has 0 spiro atoms. The van der Waals surface area contributed by atoms with Crippen molar-refractivity contribution in [1.29, 1.82) is 0 Å². The number of aromatic amines is 1. The maximum Gasteiger partial charge on any atom is 0.414 e. The van der Waals surface area contributed by atoms with Gasteiger partial charge >= 0.3 is 6.09 Å². The van der Waals surface area contributed by atoms with Gasteiger partial charge in [-0.3, -0.25) is 9.89 Å². The number of halogens is 2. The summed E-state index contributed by atoms with van der Waals surface area (Å²) in [5.41, 5.74) is 0.327. The number of benzene rings is 1. The predicted octanol–water partition coefficient (Wildman–Crippen LogP) is 4.36. The van der Waals surface area contributed by atoms with Gasteiger partial charge in [0, 0.05) is 12.6 Å². The highest BCUT2D eigenvalue weighted by Crippen LogP contribution is 2.31. The SMILES string of the molecule is CN1CCC(N2CCC(CCNC(=O)Oc3n[nH]c(NC(=O)c4ccccc4Cl)c3Br)CC2)CC1. The first-order valence-corrected chi connectivity index (χ1v) is 13.3. The van der Waals surface area contributed by atoms with E-state index in [1.165, 1.54) is 38.8 Å². The second kappa shape index (κ2) is 12.2. The standard InChI is InChI=1S/C24H32BrClN6O3/c1-31-12-9-17(10-13-31)32-14-7-16(8-15-32)6-11-27-24(34)35-23-20(25)21(29-30-23)28-22(33)18-4-2-3-5-19(18)26/h2-5,16-17H,6-15H2,1H3,(H,27,34)(H2,28,29,30,33). The summed E-state index contributed by atoms with van der Waals surface area (Å²) in [4.78, 5) is 29.8. The van der Waals surface area contributed by atoms with Crippen molar-refractivity contribution in [3.8, 4) is 5.88 Å². The number of aromatic nitrogens is 2. The zero-order valence-electron chi connectivity index (χ0n) is 19.9. The molecular weight excluding hydrogens is 536 g/mol. The van der Waals surface area contributed by atoms with E-state index in [4.69, 9.17) is 16.3 Å². The summed E-state index contributed by atoms with van der Waals surface area (Å²) in [6.45, 7) is 5.23. The number of hydrogen-bond acceptors (Lipinski definition) is 6. The highest BCUT2D eigenvalue weighted by Gasteiger charge is 2.27. The molecule has 2 aromatic rings. The molecule has 11 heteroatoms. The largest absolute Gasteiger partial charge is 0.414 e. The van der Waals surface area contributed by atoms with Crippen LogP contribution < -0.4 is 15.4 Å². The Hall–Kier alpha value is -2.14. The van der Waals surface area contributed by atoms with Crippen molar-refractivity contribution < 1.29 is 14.3 Å². The lowest BCUT2D eigenvalue weighted by atomic mass is 9.91. The number of H-pyrrole nitrogens is 1. The summed E-state index contributed by atoms with van der Waals surface area (Å²) in [7, 11) is 2.20. The minimum atomic E-state index is -0.579. The van der Waals surface area contributed by atoms with E-state index >= 15 is 0 Å². The van der Waals surface area contributed by atoms with Crippen LogP contribution in [0.25, 0.3) is 0 Å². The van der Waals surface area contributed by atoms with E-state index < -0.39 is 12.0 Å². The fourth-order valence-electron chi connectivity index (χ4n) is 4.76. The molecule has 0 unspecified atom stereocenters. The van der Waals surface area contributed by atoms with Gasteiger partial charge in [-0.05, 0) is 99.3 Å². The van der Waals surface area contributed by atoms with E-state index in [1.54, 1.807) is 24.3 Å². The monoisotopic (exact) mass is 566 g/mol. The number of carbonyl (C=O) groups excluding carboxylic acids is 2. The van der Waals surface area contributed by atoms with Crippen LogP contribution in [0.5, 0.6) is 5.88 Å². The average molecular weight is 568 g/mol. The van der Waals surface area contributed by atoms with Gasteiger partial charge in [0.15, 0.2) is 0 Å². The molecule has 190 valence electrons. The molecule has 3 N–H and O–H groups in total. The number of likely N-dealkylation sites (tertiary alicyclic amines) is 2. The molecule has 3 heterocycles. The number of nitrogens with one attached hydrogen (secondary N) is 3. The van der Waals surface area contributed by atoms with Crippen LogP contribution in [0.15, 0.2) is 28.7 Å². The molecule has 2 aliphatic heterocycles. The minimum absolute atomic E-state index is 0.0448. The van der Waals surface area contributed by atoms with Crippen LogP contribution in [-0.2, 0) is 0 Å². The molecular formula is C24H32BrClN6O3. The van der Waals surface area contributed by atoms with E-state index in [-0.39, 0.29) is 11.7 Å². The maximum absolute atomic E-state index is 12.4. The Balaban J connectivity index is 1.17. The number of amides is 2. The van der Waals surface area contributed by atoms with Gasteiger partial charge in [0.25, 0.3) is 11.8 Å². The molecule has 2 amide bonds. The van der Waals surface area contributed by atoms with Crippen molar-refractivity contribution in [2.75, 3.05) is 45.1 Å². The summed E-state index contributed by atoms with van der Waals surface area (Å²) >= 11 is 9.39.